The van der Waals surface area contributed by atoms with Gasteiger partial charge in [-0.2, -0.15) is 0 Å². The SMILES string of the molecule is CO[C@H]1OCOC[C@H]1C(C)(C)C.O=C(O)CCCCCC[N+](=O)[O-]. The van der Waals surface area contributed by atoms with Crippen LogP contribution in [-0.4, -0.2) is 49.3 Å². The molecule has 1 fully saturated rings. The van der Waals surface area contributed by atoms with Gasteiger partial charge in [0.2, 0.25) is 6.54 Å². The van der Waals surface area contributed by atoms with Gasteiger partial charge in [-0.1, -0.05) is 27.2 Å². The third-order valence-corrected chi connectivity index (χ3v) is 3.77. The van der Waals surface area contributed by atoms with Crippen molar-refractivity contribution in [1.29, 1.82) is 0 Å². The van der Waals surface area contributed by atoms with Gasteiger partial charge in [0.25, 0.3) is 0 Å². The molecule has 1 saturated heterocycles. The van der Waals surface area contributed by atoms with Crippen LogP contribution >= 0.6 is 0 Å². The van der Waals surface area contributed by atoms with E-state index in [4.69, 9.17) is 19.3 Å². The number of hydrogen-bond donors (Lipinski definition) is 1. The summed E-state index contributed by atoms with van der Waals surface area (Å²) in [5, 5.41) is 18.1. The molecule has 0 radical (unpaired) electrons. The molecule has 0 bridgehead atoms. The quantitative estimate of drug-likeness (QED) is 0.408. The first-order chi connectivity index (χ1) is 11.2. The Morgan fingerprint density at radius 3 is 2.38 bits per heavy atom. The largest absolute Gasteiger partial charge is 0.481 e. The van der Waals surface area contributed by atoms with Crippen LogP contribution in [0.5, 0.6) is 0 Å². The summed E-state index contributed by atoms with van der Waals surface area (Å²) in [5.74, 6) is -0.486. The van der Waals surface area contributed by atoms with E-state index < -0.39 is 5.97 Å². The Labute approximate surface area is 143 Å². The summed E-state index contributed by atoms with van der Waals surface area (Å²) in [4.78, 5) is 19.5. The second-order valence-electron chi connectivity index (χ2n) is 6.85. The van der Waals surface area contributed by atoms with Crippen molar-refractivity contribution in [3.05, 3.63) is 10.1 Å². The Hall–Kier alpha value is -1.25. The zero-order valence-corrected chi connectivity index (χ0v) is 15.2. The average molecular weight is 349 g/mol. The van der Waals surface area contributed by atoms with Crippen molar-refractivity contribution in [2.24, 2.45) is 11.3 Å². The normalized spacial score (nSPS) is 20.8. The van der Waals surface area contributed by atoms with E-state index in [-0.39, 0.29) is 29.6 Å². The second-order valence-corrected chi connectivity index (χ2v) is 6.85. The number of carboxylic acids is 1. The van der Waals surface area contributed by atoms with Crippen molar-refractivity contribution < 1.29 is 29.0 Å². The topological polar surface area (TPSA) is 108 Å². The van der Waals surface area contributed by atoms with Gasteiger partial charge in [-0.05, 0) is 18.3 Å². The lowest BCUT2D eigenvalue weighted by Gasteiger charge is -2.38. The zero-order valence-electron chi connectivity index (χ0n) is 15.2. The predicted octanol–water partition coefficient (Wildman–Crippen LogP) is 2.92. The lowest BCUT2D eigenvalue weighted by atomic mass is 9.80. The van der Waals surface area contributed by atoms with Crippen molar-refractivity contribution in [2.75, 3.05) is 27.1 Å². The van der Waals surface area contributed by atoms with Gasteiger partial charge in [-0.3, -0.25) is 14.9 Å². The Kier molecular flexibility index (Phi) is 11.5. The van der Waals surface area contributed by atoms with Crippen LogP contribution in [0.2, 0.25) is 0 Å². The van der Waals surface area contributed by atoms with Crippen molar-refractivity contribution in [1.82, 2.24) is 0 Å². The van der Waals surface area contributed by atoms with Gasteiger partial charge in [-0.15, -0.1) is 0 Å². The van der Waals surface area contributed by atoms with E-state index in [9.17, 15) is 14.9 Å². The summed E-state index contributed by atoms with van der Waals surface area (Å²) < 4.78 is 15.8. The van der Waals surface area contributed by atoms with E-state index in [1.807, 2.05) is 0 Å². The lowest BCUT2D eigenvalue weighted by molar-refractivity contribution is -0.480. The van der Waals surface area contributed by atoms with E-state index in [1.165, 1.54) is 0 Å². The number of nitro groups is 1. The number of rotatable bonds is 8. The van der Waals surface area contributed by atoms with Gasteiger partial charge in [0.15, 0.2) is 6.29 Å². The molecule has 0 aromatic rings. The summed E-state index contributed by atoms with van der Waals surface area (Å²) in [6.45, 7) is 7.57. The van der Waals surface area contributed by atoms with Gasteiger partial charge in [0, 0.05) is 30.8 Å². The number of aliphatic carboxylic acids is 1. The molecule has 8 heteroatoms. The third-order valence-electron chi connectivity index (χ3n) is 3.77. The average Bonchev–Trinajstić information content (AvgIpc) is 2.50. The van der Waals surface area contributed by atoms with E-state index in [0.717, 1.165) is 19.4 Å². The molecule has 1 aliphatic rings. The van der Waals surface area contributed by atoms with Gasteiger partial charge >= 0.3 is 5.97 Å². The number of ether oxygens (including phenoxy) is 3. The highest BCUT2D eigenvalue weighted by atomic mass is 16.8. The molecule has 1 rings (SSSR count). The first-order valence-electron chi connectivity index (χ1n) is 8.24. The molecule has 0 amide bonds. The van der Waals surface area contributed by atoms with Crippen LogP contribution in [0.25, 0.3) is 0 Å². The maximum Gasteiger partial charge on any atom is 0.303 e. The standard InChI is InChI=1S/C9H18O3.C7H13NO4/c1-9(2,3)7-5-11-6-12-8(7)10-4;9-7(10)5-3-1-2-4-6-8(11)12/h7-8H,5-6H2,1-4H3;1-6H2,(H,9,10)/t7-,8+;/m1./s1. The number of carbonyl (C=O) groups is 1. The second kappa shape index (κ2) is 12.2. The summed E-state index contributed by atoms with van der Waals surface area (Å²) in [5.41, 5.74) is 0.168. The summed E-state index contributed by atoms with van der Waals surface area (Å²) in [7, 11) is 1.68. The smallest absolute Gasteiger partial charge is 0.303 e. The van der Waals surface area contributed by atoms with Crippen molar-refractivity contribution in [3.63, 3.8) is 0 Å². The first kappa shape index (κ1) is 22.8. The van der Waals surface area contributed by atoms with Crippen molar-refractivity contribution >= 4 is 5.97 Å². The van der Waals surface area contributed by atoms with E-state index >= 15 is 0 Å². The highest BCUT2D eigenvalue weighted by Gasteiger charge is 2.35. The summed E-state index contributed by atoms with van der Waals surface area (Å²) in [6, 6.07) is 0. The van der Waals surface area contributed by atoms with Crippen LogP contribution in [0.4, 0.5) is 0 Å². The fourth-order valence-electron chi connectivity index (χ4n) is 2.25. The molecule has 0 aliphatic carbocycles. The first-order valence-corrected chi connectivity index (χ1v) is 8.24. The number of methoxy groups -OCH3 is 1. The Morgan fingerprint density at radius 2 is 1.92 bits per heavy atom. The number of carboxylic acid groups (broad SMARTS) is 1. The van der Waals surface area contributed by atoms with E-state index in [0.29, 0.717) is 25.6 Å². The number of unbranched alkanes of at least 4 members (excludes halogenated alkanes) is 3. The molecule has 0 spiro atoms. The minimum atomic E-state index is -0.802. The Morgan fingerprint density at radius 1 is 1.29 bits per heavy atom. The van der Waals surface area contributed by atoms with Gasteiger partial charge in [-0.25, -0.2) is 0 Å². The minimum absolute atomic E-state index is 0.00687. The summed E-state index contributed by atoms with van der Waals surface area (Å²) in [6.07, 6.45) is 2.73. The number of nitrogens with zero attached hydrogens (tertiary/aromatic N) is 1. The maximum absolute atomic E-state index is 10.0. The maximum atomic E-state index is 10.0. The third kappa shape index (κ3) is 11.3. The van der Waals surface area contributed by atoms with Crippen molar-refractivity contribution in [2.45, 2.75) is 59.2 Å². The molecular weight excluding hydrogens is 318 g/mol. The number of hydrogen-bond acceptors (Lipinski definition) is 6. The van der Waals surface area contributed by atoms with E-state index in [1.54, 1.807) is 7.11 Å². The Balaban J connectivity index is 0.000000441. The fourth-order valence-corrected chi connectivity index (χ4v) is 2.25. The predicted molar refractivity (Wildman–Crippen MR) is 88.2 cm³/mol. The zero-order chi connectivity index (χ0) is 18.6. The highest BCUT2D eigenvalue weighted by Crippen LogP contribution is 2.32. The van der Waals surface area contributed by atoms with Crippen LogP contribution in [0, 0.1) is 21.4 Å². The monoisotopic (exact) mass is 349 g/mol. The summed E-state index contributed by atoms with van der Waals surface area (Å²) >= 11 is 0. The molecule has 2 atom stereocenters. The lowest BCUT2D eigenvalue weighted by Crippen LogP contribution is -2.42. The van der Waals surface area contributed by atoms with Gasteiger partial charge < -0.3 is 19.3 Å². The van der Waals surface area contributed by atoms with Gasteiger partial charge in [0.1, 0.15) is 6.79 Å². The molecule has 1 heterocycles. The Bertz CT molecular complexity index is 350. The molecule has 1 N–H and O–H groups in total. The molecule has 0 saturated carbocycles. The van der Waals surface area contributed by atoms with Crippen LogP contribution < -0.4 is 0 Å². The van der Waals surface area contributed by atoms with Crippen LogP contribution in [0.3, 0.4) is 0 Å². The molecule has 1 aliphatic heterocycles. The minimum Gasteiger partial charge on any atom is -0.481 e. The van der Waals surface area contributed by atoms with Crippen LogP contribution in [0.1, 0.15) is 52.9 Å². The van der Waals surface area contributed by atoms with E-state index in [2.05, 4.69) is 20.8 Å². The molecule has 142 valence electrons. The van der Waals surface area contributed by atoms with Crippen LogP contribution in [0.15, 0.2) is 0 Å². The molecule has 0 aromatic carbocycles. The van der Waals surface area contributed by atoms with Gasteiger partial charge in [0.05, 0.1) is 6.61 Å². The highest BCUT2D eigenvalue weighted by molar-refractivity contribution is 5.66. The van der Waals surface area contributed by atoms with Crippen molar-refractivity contribution in [3.8, 4) is 0 Å². The van der Waals surface area contributed by atoms with Crippen LogP contribution in [-0.2, 0) is 19.0 Å². The fraction of sp³-hybridized carbons (Fsp3) is 0.938. The molecule has 0 aromatic heterocycles. The molecule has 0 unspecified atom stereocenters. The molecular formula is C16H31NO7. The molecule has 8 nitrogen and oxygen atoms in total. The molecule has 24 heavy (non-hydrogen) atoms.